The number of carbonyl (C=O) groups excluding carboxylic acids is 1. The Morgan fingerprint density at radius 2 is 1.44 bits per heavy atom. The second-order valence-corrected chi connectivity index (χ2v) is 9.02. The van der Waals surface area contributed by atoms with Crippen molar-refractivity contribution in [2.24, 2.45) is 34.5 Å². The van der Waals surface area contributed by atoms with E-state index in [1.165, 1.54) is 19.3 Å². The first-order chi connectivity index (χ1) is 12.1. The van der Waals surface area contributed by atoms with Gasteiger partial charge in [0.1, 0.15) is 5.78 Å². The van der Waals surface area contributed by atoms with E-state index in [0.29, 0.717) is 17.8 Å². The van der Waals surface area contributed by atoms with Gasteiger partial charge in [-0.15, -0.1) is 0 Å². The Kier molecular flexibility index (Phi) is 3.00. The van der Waals surface area contributed by atoms with Crippen LogP contribution in [0.15, 0.2) is 30.3 Å². The molecule has 1 aromatic carbocycles. The van der Waals surface area contributed by atoms with Crippen molar-refractivity contribution in [1.29, 1.82) is 10.5 Å². The minimum Gasteiger partial charge on any atom is -0.299 e. The zero-order valence-corrected chi connectivity index (χ0v) is 14.3. The van der Waals surface area contributed by atoms with Crippen molar-refractivity contribution < 1.29 is 4.79 Å². The number of hydrogen-bond acceptors (Lipinski definition) is 3. The largest absolute Gasteiger partial charge is 0.299 e. The average molecular weight is 330 g/mol. The molecule has 5 saturated carbocycles. The summed E-state index contributed by atoms with van der Waals surface area (Å²) >= 11 is 0. The number of nitriles is 2. The van der Waals surface area contributed by atoms with Crippen molar-refractivity contribution in [3.63, 3.8) is 0 Å². The summed E-state index contributed by atoms with van der Waals surface area (Å²) in [6, 6.07) is 14.2. The Labute approximate surface area is 148 Å². The van der Waals surface area contributed by atoms with Gasteiger partial charge in [0.05, 0.1) is 18.1 Å². The van der Waals surface area contributed by atoms with E-state index in [4.69, 9.17) is 0 Å². The molecule has 0 aliphatic heterocycles. The first-order valence-electron chi connectivity index (χ1n) is 9.53. The maximum Gasteiger partial charge on any atom is 0.161 e. The Morgan fingerprint density at radius 3 is 1.92 bits per heavy atom. The number of nitrogens with zero attached hydrogens (tertiary/aromatic N) is 2. The van der Waals surface area contributed by atoms with Gasteiger partial charge in [0.25, 0.3) is 0 Å². The second-order valence-electron chi connectivity index (χ2n) is 9.02. The SMILES string of the molecule is N#CC1(C#N)[C@H](C(=O)C23CC4CC(CC(C4)C2)C3)[C@@H]1c1ccccc1. The Morgan fingerprint density at radius 1 is 0.920 bits per heavy atom. The molecule has 0 aromatic heterocycles. The van der Waals surface area contributed by atoms with Crippen LogP contribution in [0, 0.1) is 57.2 Å². The summed E-state index contributed by atoms with van der Waals surface area (Å²) in [6.07, 6.45) is 6.89. The molecular weight excluding hydrogens is 308 g/mol. The molecule has 3 nitrogen and oxygen atoms in total. The van der Waals surface area contributed by atoms with Crippen molar-refractivity contribution in [3.05, 3.63) is 35.9 Å². The molecule has 0 saturated heterocycles. The normalized spacial score (nSPS) is 42.4. The molecule has 2 atom stereocenters. The van der Waals surface area contributed by atoms with E-state index in [1.807, 2.05) is 30.3 Å². The van der Waals surface area contributed by atoms with Gasteiger partial charge in [-0.05, 0) is 61.8 Å². The summed E-state index contributed by atoms with van der Waals surface area (Å²) in [5, 5.41) is 19.5. The summed E-state index contributed by atoms with van der Waals surface area (Å²) in [6.45, 7) is 0. The summed E-state index contributed by atoms with van der Waals surface area (Å²) in [5.74, 6) is 1.65. The number of carbonyl (C=O) groups is 1. The quantitative estimate of drug-likeness (QED) is 0.833. The molecule has 126 valence electrons. The molecule has 0 unspecified atom stereocenters. The molecule has 1 aromatic rings. The molecule has 0 amide bonds. The molecule has 0 radical (unpaired) electrons. The fraction of sp³-hybridized carbons (Fsp3) is 0.591. The van der Waals surface area contributed by atoms with Crippen LogP contribution in [0.1, 0.15) is 50.0 Å². The lowest BCUT2D eigenvalue weighted by Crippen LogP contribution is -2.50. The maximum atomic E-state index is 13.7. The number of hydrogen-bond donors (Lipinski definition) is 0. The first kappa shape index (κ1) is 15.2. The molecule has 6 rings (SSSR count). The summed E-state index contributed by atoms with van der Waals surface area (Å²) in [4.78, 5) is 13.7. The third kappa shape index (κ3) is 1.93. The van der Waals surface area contributed by atoms with Crippen molar-refractivity contribution >= 4 is 5.78 Å². The summed E-state index contributed by atoms with van der Waals surface area (Å²) in [5.41, 5.74) is -0.419. The van der Waals surface area contributed by atoms with Crippen LogP contribution < -0.4 is 0 Å². The van der Waals surface area contributed by atoms with Crippen LogP contribution in [-0.2, 0) is 4.79 Å². The number of benzene rings is 1. The Bertz CT molecular complexity index is 763. The van der Waals surface area contributed by atoms with Gasteiger partial charge in [-0.3, -0.25) is 4.79 Å². The van der Waals surface area contributed by atoms with Gasteiger partial charge in [0, 0.05) is 11.3 Å². The van der Waals surface area contributed by atoms with E-state index in [-0.39, 0.29) is 17.1 Å². The third-order valence-electron chi connectivity index (χ3n) is 7.58. The van der Waals surface area contributed by atoms with Crippen LogP contribution in [0.4, 0.5) is 0 Å². The van der Waals surface area contributed by atoms with Crippen LogP contribution >= 0.6 is 0 Å². The molecular formula is C22H22N2O. The molecule has 5 aliphatic rings. The number of Topliss-reactive ketones (excluding diaryl/α,β-unsaturated/α-hetero) is 1. The zero-order chi connectivity index (χ0) is 17.2. The van der Waals surface area contributed by atoms with Gasteiger partial charge in [0.15, 0.2) is 5.41 Å². The van der Waals surface area contributed by atoms with Crippen LogP contribution in [0.25, 0.3) is 0 Å². The van der Waals surface area contributed by atoms with Gasteiger partial charge in [-0.25, -0.2) is 0 Å². The van der Waals surface area contributed by atoms with Crippen molar-refractivity contribution in [2.75, 3.05) is 0 Å². The van der Waals surface area contributed by atoms with E-state index < -0.39 is 11.3 Å². The Balaban J connectivity index is 1.51. The fourth-order valence-electron chi connectivity index (χ4n) is 6.91. The molecule has 4 bridgehead atoms. The topological polar surface area (TPSA) is 64.7 Å². The highest BCUT2D eigenvalue weighted by Crippen LogP contribution is 2.70. The van der Waals surface area contributed by atoms with E-state index in [1.54, 1.807) is 0 Å². The molecule has 3 heteroatoms. The lowest BCUT2D eigenvalue weighted by Gasteiger charge is -2.56. The predicted octanol–water partition coefficient (Wildman–Crippen LogP) is 4.22. The van der Waals surface area contributed by atoms with Gasteiger partial charge >= 0.3 is 0 Å². The van der Waals surface area contributed by atoms with Gasteiger partial charge < -0.3 is 0 Å². The van der Waals surface area contributed by atoms with Crippen molar-refractivity contribution in [3.8, 4) is 12.1 Å². The number of rotatable bonds is 3. The zero-order valence-electron chi connectivity index (χ0n) is 14.3. The molecule has 0 spiro atoms. The van der Waals surface area contributed by atoms with Crippen LogP contribution in [0.5, 0.6) is 0 Å². The van der Waals surface area contributed by atoms with E-state index in [2.05, 4.69) is 12.1 Å². The van der Waals surface area contributed by atoms with Crippen LogP contribution in [-0.4, -0.2) is 5.78 Å². The Hall–Kier alpha value is -2.13. The molecule has 25 heavy (non-hydrogen) atoms. The molecule has 0 N–H and O–H groups in total. The highest BCUT2D eigenvalue weighted by molar-refractivity contribution is 5.94. The van der Waals surface area contributed by atoms with E-state index in [0.717, 1.165) is 24.8 Å². The summed E-state index contributed by atoms with van der Waals surface area (Å²) in [7, 11) is 0. The van der Waals surface area contributed by atoms with Gasteiger partial charge in [-0.1, -0.05) is 30.3 Å². The second kappa shape index (κ2) is 4.95. The lowest BCUT2D eigenvalue weighted by molar-refractivity contribution is -0.145. The van der Waals surface area contributed by atoms with E-state index in [9.17, 15) is 15.3 Å². The smallest absolute Gasteiger partial charge is 0.161 e. The average Bonchev–Trinajstić information content (AvgIpc) is 3.30. The van der Waals surface area contributed by atoms with Crippen LogP contribution in [0.3, 0.4) is 0 Å². The molecule has 5 fully saturated rings. The minimum atomic E-state index is -1.15. The summed E-state index contributed by atoms with van der Waals surface area (Å²) < 4.78 is 0. The number of ketones is 1. The third-order valence-corrected chi connectivity index (χ3v) is 7.58. The maximum absolute atomic E-state index is 13.7. The standard InChI is InChI=1S/C22H22N2O/c23-12-22(13-24)18(17-4-2-1-3-5-17)19(22)20(25)21-9-14-6-15(10-21)8-16(7-14)11-21/h1-5,14-16,18-19H,6-11H2/t14?,15?,16?,18-,19-,21?/m0/s1. The highest BCUT2D eigenvalue weighted by atomic mass is 16.1. The highest BCUT2D eigenvalue weighted by Gasteiger charge is 2.73. The molecule has 5 aliphatic carbocycles. The predicted molar refractivity (Wildman–Crippen MR) is 91.9 cm³/mol. The fourth-order valence-corrected chi connectivity index (χ4v) is 6.91. The van der Waals surface area contributed by atoms with E-state index >= 15 is 0 Å². The first-order valence-corrected chi connectivity index (χ1v) is 9.53. The lowest BCUT2D eigenvalue weighted by atomic mass is 9.48. The van der Waals surface area contributed by atoms with Crippen LogP contribution in [0.2, 0.25) is 0 Å². The monoisotopic (exact) mass is 330 g/mol. The molecule has 0 heterocycles. The minimum absolute atomic E-state index is 0.234. The van der Waals surface area contributed by atoms with Gasteiger partial charge in [0.2, 0.25) is 0 Å². The van der Waals surface area contributed by atoms with Gasteiger partial charge in [-0.2, -0.15) is 10.5 Å². The van der Waals surface area contributed by atoms with Crippen molar-refractivity contribution in [1.82, 2.24) is 0 Å². The van der Waals surface area contributed by atoms with Crippen molar-refractivity contribution in [2.45, 2.75) is 44.4 Å².